The Labute approximate surface area is 111 Å². The second-order valence-corrected chi connectivity index (χ2v) is 5.91. The highest BCUT2D eigenvalue weighted by Gasteiger charge is 2.20. The lowest BCUT2D eigenvalue weighted by molar-refractivity contribution is 0.587. The van der Waals surface area contributed by atoms with Crippen LogP contribution in [0.1, 0.15) is 11.6 Å². The molecule has 0 atom stereocenters. The van der Waals surface area contributed by atoms with Crippen LogP contribution >= 0.6 is 0 Å². The van der Waals surface area contributed by atoms with Gasteiger partial charge >= 0.3 is 0 Å². The Morgan fingerprint density at radius 1 is 1.32 bits per heavy atom. The zero-order valence-corrected chi connectivity index (χ0v) is 11.7. The van der Waals surface area contributed by atoms with Gasteiger partial charge in [-0.15, -0.1) is 0 Å². The van der Waals surface area contributed by atoms with Gasteiger partial charge in [-0.3, -0.25) is 0 Å². The van der Waals surface area contributed by atoms with Gasteiger partial charge in [-0.1, -0.05) is 0 Å². The summed E-state index contributed by atoms with van der Waals surface area (Å²) in [6, 6.07) is 4.64. The van der Waals surface area contributed by atoms with Crippen molar-refractivity contribution in [2.75, 3.05) is 12.8 Å². The molecule has 1 aromatic carbocycles. The van der Waals surface area contributed by atoms with Crippen LogP contribution in [0.15, 0.2) is 23.1 Å². The van der Waals surface area contributed by atoms with E-state index in [0.29, 0.717) is 23.0 Å². The molecule has 0 aliphatic carbocycles. The van der Waals surface area contributed by atoms with Gasteiger partial charge < -0.3 is 5.73 Å². The van der Waals surface area contributed by atoms with Crippen molar-refractivity contribution >= 4 is 15.7 Å². The first-order chi connectivity index (χ1) is 8.85. The second-order valence-electron chi connectivity index (χ2n) is 4.05. The zero-order valence-electron chi connectivity index (χ0n) is 10.9. The summed E-state index contributed by atoms with van der Waals surface area (Å²) >= 11 is 0. The van der Waals surface area contributed by atoms with Crippen LogP contribution in [0.3, 0.4) is 0 Å². The van der Waals surface area contributed by atoms with Crippen LogP contribution in [-0.2, 0) is 10.0 Å². The molecule has 2 aromatic rings. The van der Waals surface area contributed by atoms with Gasteiger partial charge in [0, 0.05) is 5.69 Å². The van der Waals surface area contributed by atoms with Crippen LogP contribution < -0.4 is 10.5 Å². The number of anilines is 1. The van der Waals surface area contributed by atoms with E-state index in [1.165, 1.54) is 17.8 Å². The van der Waals surface area contributed by atoms with Gasteiger partial charge in [0.15, 0.2) is 0 Å². The van der Waals surface area contributed by atoms with Crippen LogP contribution in [0, 0.1) is 13.8 Å². The number of aryl methyl sites for hydroxylation is 2. The van der Waals surface area contributed by atoms with Gasteiger partial charge in [0.2, 0.25) is 10.0 Å². The van der Waals surface area contributed by atoms with E-state index in [9.17, 15) is 8.42 Å². The van der Waals surface area contributed by atoms with Gasteiger partial charge in [0.25, 0.3) is 0 Å². The molecule has 0 spiro atoms. The molecule has 8 heteroatoms. The number of nitrogens with zero attached hydrogens (tertiary/aromatic N) is 3. The summed E-state index contributed by atoms with van der Waals surface area (Å²) in [5, 5.41) is 4.19. The minimum Gasteiger partial charge on any atom is -0.399 e. The molecule has 0 aliphatic heterocycles. The molecule has 1 aromatic heterocycles. The Morgan fingerprint density at radius 2 is 2.00 bits per heavy atom. The molecule has 0 bridgehead atoms. The highest BCUT2D eigenvalue weighted by atomic mass is 32.2. The Hall–Kier alpha value is -1.93. The minimum atomic E-state index is -3.63. The number of nitrogen functional groups attached to an aromatic ring is 1. The fraction of sp³-hybridized carbons (Fsp3) is 0.273. The number of rotatable bonds is 3. The fourth-order valence-electron chi connectivity index (χ4n) is 1.78. The average Bonchev–Trinajstić information content (AvgIpc) is 2.68. The van der Waals surface area contributed by atoms with Gasteiger partial charge in [0.1, 0.15) is 16.5 Å². The lowest BCUT2D eigenvalue weighted by Gasteiger charge is -2.11. The fourth-order valence-corrected chi connectivity index (χ4v) is 2.72. The molecule has 0 saturated carbocycles. The smallest absolute Gasteiger partial charge is 0.242 e. The van der Waals surface area contributed by atoms with Crippen LogP contribution in [0.25, 0.3) is 5.69 Å². The lowest BCUT2D eigenvalue weighted by Crippen LogP contribution is -2.21. The van der Waals surface area contributed by atoms with Crippen LogP contribution in [0.2, 0.25) is 0 Å². The molecule has 1 heterocycles. The standard InChI is InChI=1S/C11H15N5O2S/c1-7-14-8(2)16(15-7)10-5-4-9(12)6-11(10)19(17,18)13-3/h4-6,13H,12H2,1-3H3. The monoisotopic (exact) mass is 281 g/mol. The molecule has 3 N–H and O–H groups in total. The molecule has 0 unspecified atom stereocenters. The zero-order chi connectivity index (χ0) is 14.2. The molecule has 19 heavy (non-hydrogen) atoms. The maximum absolute atomic E-state index is 12.0. The molecule has 2 rings (SSSR count). The molecule has 0 amide bonds. The predicted molar refractivity (Wildman–Crippen MR) is 71.5 cm³/mol. The van der Waals surface area contributed by atoms with Crippen LogP contribution in [0.4, 0.5) is 5.69 Å². The van der Waals surface area contributed by atoms with Crippen molar-refractivity contribution in [3.8, 4) is 5.69 Å². The molecule has 0 aliphatic rings. The van der Waals surface area contributed by atoms with E-state index in [1.807, 2.05) is 0 Å². The van der Waals surface area contributed by atoms with Gasteiger partial charge in [-0.05, 0) is 39.1 Å². The Kier molecular flexibility index (Phi) is 3.29. The summed E-state index contributed by atoms with van der Waals surface area (Å²) in [5.74, 6) is 1.18. The molecular weight excluding hydrogens is 266 g/mol. The van der Waals surface area contributed by atoms with Gasteiger partial charge in [0.05, 0.1) is 5.69 Å². The van der Waals surface area contributed by atoms with Crippen molar-refractivity contribution in [2.24, 2.45) is 0 Å². The van der Waals surface area contributed by atoms with Crippen molar-refractivity contribution in [1.29, 1.82) is 0 Å². The van der Waals surface area contributed by atoms with E-state index in [4.69, 9.17) is 5.73 Å². The van der Waals surface area contributed by atoms with Crippen molar-refractivity contribution in [3.05, 3.63) is 29.8 Å². The maximum Gasteiger partial charge on any atom is 0.242 e. The molecular formula is C11H15N5O2S. The van der Waals surface area contributed by atoms with Gasteiger partial charge in [-0.25, -0.2) is 22.8 Å². The summed E-state index contributed by atoms with van der Waals surface area (Å²) in [6.07, 6.45) is 0. The normalized spacial score (nSPS) is 11.7. The Balaban J connectivity index is 2.75. The van der Waals surface area contributed by atoms with E-state index in [0.717, 1.165) is 0 Å². The summed E-state index contributed by atoms with van der Waals surface area (Å²) < 4.78 is 27.8. The van der Waals surface area contributed by atoms with E-state index in [-0.39, 0.29) is 4.90 Å². The van der Waals surface area contributed by atoms with E-state index in [1.54, 1.807) is 26.0 Å². The minimum absolute atomic E-state index is 0.0722. The largest absolute Gasteiger partial charge is 0.399 e. The van der Waals surface area contributed by atoms with E-state index < -0.39 is 10.0 Å². The second kappa shape index (κ2) is 4.63. The Morgan fingerprint density at radius 3 is 2.53 bits per heavy atom. The quantitative estimate of drug-likeness (QED) is 0.791. The highest BCUT2D eigenvalue weighted by Crippen LogP contribution is 2.23. The number of sulfonamides is 1. The number of hydrogen-bond acceptors (Lipinski definition) is 5. The third-order valence-corrected chi connectivity index (χ3v) is 4.09. The topological polar surface area (TPSA) is 103 Å². The maximum atomic E-state index is 12.0. The summed E-state index contributed by atoms with van der Waals surface area (Å²) in [6.45, 7) is 3.50. The summed E-state index contributed by atoms with van der Waals surface area (Å²) in [4.78, 5) is 4.24. The number of nitrogens with one attached hydrogen (secondary N) is 1. The first-order valence-electron chi connectivity index (χ1n) is 5.59. The van der Waals surface area contributed by atoms with Crippen molar-refractivity contribution in [3.63, 3.8) is 0 Å². The average molecular weight is 281 g/mol. The predicted octanol–water partition coefficient (Wildman–Crippen LogP) is 0.374. The van der Waals surface area contributed by atoms with Crippen molar-refractivity contribution < 1.29 is 8.42 Å². The third kappa shape index (κ3) is 2.45. The number of benzene rings is 1. The van der Waals surface area contributed by atoms with Crippen LogP contribution in [-0.4, -0.2) is 30.2 Å². The number of nitrogens with two attached hydrogens (primary N) is 1. The molecule has 0 radical (unpaired) electrons. The third-order valence-electron chi connectivity index (χ3n) is 2.65. The van der Waals surface area contributed by atoms with Crippen molar-refractivity contribution in [1.82, 2.24) is 19.5 Å². The lowest BCUT2D eigenvalue weighted by atomic mass is 10.3. The van der Waals surface area contributed by atoms with E-state index >= 15 is 0 Å². The first kappa shape index (κ1) is 13.5. The molecule has 0 saturated heterocycles. The highest BCUT2D eigenvalue weighted by molar-refractivity contribution is 7.89. The summed E-state index contributed by atoms with van der Waals surface area (Å²) in [7, 11) is -2.28. The first-order valence-corrected chi connectivity index (χ1v) is 7.07. The molecule has 0 fully saturated rings. The number of hydrogen-bond donors (Lipinski definition) is 2. The molecule has 102 valence electrons. The molecule has 7 nitrogen and oxygen atoms in total. The summed E-state index contributed by atoms with van der Waals surface area (Å²) in [5.41, 5.74) is 6.45. The van der Waals surface area contributed by atoms with Gasteiger partial charge in [-0.2, -0.15) is 5.10 Å². The number of aromatic nitrogens is 3. The SMILES string of the molecule is CNS(=O)(=O)c1cc(N)ccc1-n1nc(C)nc1C. The van der Waals surface area contributed by atoms with E-state index in [2.05, 4.69) is 14.8 Å². The van der Waals surface area contributed by atoms with Crippen molar-refractivity contribution in [2.45, 2.75) is 18.7 Å². The van der Waals surface area contributed by atoms with Crippen LogP contribution in [0.5, 0.6) is 0 Å². The Bertz CT molecular complexity index is 721.